The Kier molecular flexibility index (Phi) is 3.48. The molecule has 16 heavy (non-hydrogen) atoms. The second kappa shape index (κ2) is 4.64. The first-order chi connectivity index (χ1) is 7.27. The van der Waals surface area contributed by atoms with E-state index in [9.17, 15) is 5.11 Å². The summed E-state index contributed by atoms with van der Waals surface area (Å²) in [6, 6.07) is 8.07. The molecule has 0 saturated carbocycles. The van der Waals surface area contributed by atoms with Crippen LogP contribution in [0.5, 0.6) is 5.75 Å². The Morgan fingerprint density at radius 1 is 1.38 bits per heavy atom. The number of ether oxygens (including phenoxy) is 2. The van der Waals surface area contributed by atoms with Gasteiger partial charge < -0.3 is 14.6 Å². The van der Waals surface area contributed by atoms with E-state index in [0.717, 1.165) is 18.4 Å². The standard InChI is InChI=1S/C12H15O3.Rf/c1-14-12(5-7-15-8-6-12)10-3-2-4-11(13)9-10;/h3-4,9,13H,5-8H2,1H3;/q-1;. The van der Waals surface area contributed by atoms with Crippen molar-refractivity contribution in [2.24, 2.45) is 0 Å². The molecule has 4 heteroatoms. The average Bonchev–Trinajstić information content (AvgIpc) is 2.30. The summed E-state index contributed by atoms with van der Waals surface area (Å²) in [5.74, 6) is 0.232. The van der Waals surface area contributed by atoms with Gasteiger partial charge in [-0.2, -0.15) is 12.1 Å². The maximum absolute atomic E-state index is 9.44. The maximum Gasteiger partial charge on any atom is 0.0538 e. The van der Waals surface area contributed by atoms with Crippen molar-refractivity contribution in [2.75, 3.05) is 20.3 Å². The smallest absolute Gasteiger partial charge is 0.0538 e. The Labute approximate surface area is 89.6 Å². The third-order valence-corrected chi connectivity index (χ3v) is 2.99. The molecule has 0 spiro atoms. The molecule has 0 bridgehead atoms. The van der Waals surface area contributed by atoms with Gasteiger partial charge in [0.05, 0.1) is 5.60 Å². The topological polar surface area (TPSA) is 38.7 Å². The molecule has 0 amide bonds. The summed E-state index contributed by atoms with van der Waals surface area (Å²) in [7, 11) is 1.70. The van der Waals surface area contributed by atoms with E-state index in [0.29, 0.717) is 13.2 Å². The van der Waals surface area contributed by atoms with Crippen LogP contribution in [0.4, 0.5) is 0 Å². The Morgan fingerprint density at radius 2 is 2.06 bits per heavy atom. The van der Waals surface area contributed by atoms with Crippen LogP contribution in [-0.2, 0) is 15.1 Å². The van der Waals surface area contributed by atoms with Gasteiger partial charge in [0.2, 0.25) is 0 Å². The van der Waals surface area contributed by atoms with Crippen molar-refractivity contribution < 1.29 is 14.6 Å². The molecule has 1 N–H and O–H groups in total. The number of hydrogen-bond acceptors (Lipinski definition) is 3. The monoisotopic (exact) mass is 474 g/mol. The fourth-order valence-corrected chi connectivity index (χ4v) is 2.03. The SMILES string of the molecule is COC1(c2c[c-]cc(O)c2)CCOCC1.[Rf]. The molecule has 3 nitrogen and oxygen atoms in total. The van der Waals surface area contributed by atoms with Gasteiger partial charge in [-0.25, -0.2) is 0 Å². The van der Waals surface area contributed by atoms with E-state index >= 15 is 0 Å². The molecule has 1 heterocycles. The molecule has 0 aromatic heterocycles. The van der Waals surface area contributed by atoms with E-state index in [-0.39, 0.29) is 11.4 Å². The van der Waals surface area contributed by atoms with Crippen molar-refractivity contribution in [3.63, 3.8) is 0 Å². The predicted octanol–water partition coefficient (Wildman–Crippen LogP) is 1.84. The molecule has 1 aliphatic heterocycles. The van der Waals surface area contributed by atoms with Gasteiger partial charge in [-0.05, 0) is 12.8 Å². The molecule has 0 unspecified atom stereocenters. The minimum atomic E-state index is -0.312. The van der Waals surface area contributed by atoms with Gasteiger partial charge in [0.25, 0.3) is 0 Å². The molecule has 0 aliphatic carbocycles. The van der Waals surface area contributed by atoms with Crippen molar-refractivity contribution >= 4 is 0 Å². The number of methoxy groups -OCH3 is 1. The van der Waals surface area contributed by atoms with Crippen LogP contribution in [0.15, 0.2) is 18.2 Å². The van der Waals surface area contributed by atoms with E-state index in [2.05, 4.69) is 6.07 Å². The molecule has 1 aliphatic rings. The molecule has 1 fully saturated rings. The van der Waals surface area contributed by atoms with Crippen LogP contribution in [0, 0.1) is 6.07 Å². The summed E-state index contributed by atoms with van der Waals surface area (Å²) in [4.78, 5) is 0. The fourth-order valence-electron chi connectivity index (χ4n) is 2.03. The first-order valence-electron chi connectivity index (χ1n) is 5.10. The van der Waals surface area contributed by atoms with Crippen LogP contribution in [0.3, 0.4) is 0 Å². The van der Waals surface area contributed by atoms with Crippen LogP contribution in [0.2, 0.25) is 0 Å². The number of benzene rings is 1. The minimum absolute atomic E-state index is 0. The molecule has 1 saturated heterocycles. The van der Waals surface area contributed by atoms with E-state index in [4.69, 9.17) is 9.47 Å². The van der Waals surface area contributed by atoms with Crippen LogP contribution in [0.25, 0.3) is 0 Å². The first kappa shape index (κ1) is 12.0. The minimum Gasteiger partial charge on any atom is -0.566 e. The van der Waals surface area contributed by atoms with E-state index < -0.39 is 0 Å². The summed E-state index contributed by atoms with van der Waals surface area (Å²) < 4.78 is 10.9. The largest absolute Gasteiger partial charge is 0.566 e. The molecule has 2 rings (SSSR count). The number of phenolic OH excluding ortho intramolecular Hbond substituents is 1. The summed E-state index contributed by atoms with van der Waals surface area (Å²) in [5, 5.41) is 9.44. The van der Waals surface area contributed by atoms with Gasteiger partial charge in [0.1, 0.15) is 0 Å². The van der Waals surface area contributed by atoms with Gasteiger partial charge in [-0.3, -0.25) is 0 Å². The Bertz CT molecular complexity index is 335. The molecular formula is C12H15O3Rf-. The zero-order valence-electron chi connectivity index (χ0n) is 9.53. The van der Waals surface area contributed by atoms with Gasteiger partial charge in [-0.1, -0.05) is 0 Å². The van der Waals surface area contributed by atoms with Gasteiger partial charge >= 0.3 is 0 Å². The van der Waals surface area contributed by atoms with Crippen LogP contribution in [0.1, 0.15) is 18.4 Å². The number of rotatable bonds is 2. The van der Waals surface area contributed by atoms with Gasteiger partial charge in [0, 0.05) is 26.1 Å². The third kappa shape index (κ3) is 1.97. The summed E-state index contributed by atoms with van der Waals surface area (Å²) in [6.45, 7) is 1.40. The molecule has 84 valence electrons. The Balaban J connectivity index is 0.00000128. The zero-order valence-corrected chi connectivity index (χ0v) is 15.9. The maximum atomic E-state index is 9.44. The average molecular weight is 474 g/mol. The molecule has 1 aromatic carbocycles. The van der Waals surface area contributed by atoms with Crippen molar-refractivity contribution in [3.8, 4) is 5.75 Å². The third-order valence-electron chi connectivity index (χ3n) is 2.99. The number of phenols is 1. The normalized spacial score (nSPS) is 18.8. The quantitative estimate of drug-likeness (QED) is 0.666. The van der Waals surface area contributed by atoms with Crippen LogP contribution >= 0.6 is 0 Å². The van der Waals surface area contributed by atoms with Crippen LogP contribution < -0.4 is 0 Å². The van der Waals surface area contributed by atoms with E-state index in [1.54, 1.807) is 19.2 Å². The van der Waals surface area contributed by atoms with Gasteiger partial charge in [-0.15, -0.1) is 17.7 Å². The number of hydrogen-bond donors (Lipinski definition) is 1. The second-order valence-corrected chi connectivity index (χ2v) is 3.79. The molecule has 0 radical (unpaired) electrons. The molecular weight excluding hydrogens is 459 g/mol. The van der Waals surface area contributed by atoms with Crippen molar-refractivity contribution in [3.05, 3.63) is 29.8 Å². The van der Waals surface area contributed by atoms with E-state index in [1.165, 1.54) is 0 Å². The summed E-state index contributed by atoms with van der Waals surface area (Å²) in [6.07, 6.45) is 1.64. The van der Waals surface area contributed by atoms with E-state index in [1.807, 2.05) is 6.07 Å². The fraction of sp³-hybridized carbons (Fsp3) is 0.500. The van der Waals surface area contributed by atoms with Crippen molar-refractivity contribution in [2.45, 2.75) is 18.4 Å². The molecule has 1 aromatic rings. The predicted molar refractivity (Wildman–Crippen MR) is 55.7 cm³/mol. The summed E-state index contributed by atoms with van der Waals surface area (Å²) >= 11 is 0. The second-order valence-electron chi connectivity index (χ2n) is 3.79. The Hall–Kier alpha value is -2.06. The van der Waals surface area contributed by atoms with Crippen molar-refractivity contribution in [1.29, 1.82) is 0 Å². The van der Waals surface area contributed by atoms with Crippen molar-refractivity contribution in [1.82, 2.24) is 0 Å². The zero-order chi connectivity index (χ0) is 10.7. The van der Waals surface area contributed by atoms with Gasteiger partial charge in [0.15, 0.2) is 0 Å². The first-order valence-corrected chi connectivity index (χ1v) is 5.10. The number of aromatic hydroxyl groups is 1. The van der Waals surface area contributed by atoms with Crippen LogP contribution in [-0.4, -0.2) is 25.4 Å². The summed E-state index contributed by atoms with van der Waals surface area (Å²) in [5.41, 5.74) is 0.668. The Morgan fingerprint density at radius 3 is 2.62 bits per heavy atom. The molecule has 0 atom stereocenters.